The fourth-order valence-corrected chi connectivity index (χ4v) is 2.19. The first-order valence-corrected chi connectivity index (χ1v) is 6.88. The second-order valence-corrected chi connectivity index (χ2v) is 5.40. The highest BCUT2D eigenvalue weighted by Gasteiger charge is 2.15. The van der Waals surface area contributed by atoms with Gasteiger partial charge in [-0.3, -0.25) is 4.68 Å². The van der Waals surface area contributed by atoms with Gasteiger partial charge in [0.15, 0.2) is 0 Å². The van der Waals surface area contributed by atoms with Gasteiger partial charge >= 0.3 is 0 Å². The summed E-state index contributed by atoms with van der Waals surface area (Å²) >= 11 is 0. The highest BCUT2D eigenvalue weighted by Crippen LogP contribution is 2.20. The highest BCUT2D eigenvalue weighted by atomic mass is 19.1. The van der Waals surface area contributed by atoms with Gasteiger partial charge in [-0.1, -0.05) is 31.2 Å². The van der Waals surface area contributed by atoms with Crippen molar-refractivity contribution >= 4 is 0 Å². The van der Waals surface area contributed by atoms with Gasteiger partial charge in [0, 0.05) is 38.2 Å². The van der Waals surface area contributed by atoms with E-state index in [9.17, 15) is 4.39 Å². The normalized spacial score (nSPS) is 12.8. The smallest absolute Gasteiger partial charge is 0.123 e. The van der Waals surface area contributed by atoms with Crippen LogP contribution in [0, 0.1) is 5.82 Å². The molecule has 0 fully saturated rings. The molecule has 20 heavy (non-hydrogen) atoms. The van der Waals surface area contributed by atoms with E-state index >= 15 is 0 Å². The minimum absolute atomic E-state index is 0.185. The molecule has 1 N–H and O–H groups in total. The monoisotopic (exact) mass is 276 g/mol. The molecule has 1 aromatic carbocycles. The maximum Gasteiger partial charge on any atom is 0.123 e. The van der Waals surface area contributed by atoms with Gasteiger partial charge in [-0.2, -0.15) is 0 Å². The maximum absolute atomic E-state index is 13.4. The highest BCUT2D eigenvalue weighted by molar-refractivity contribution is 5.22. The first kappa shape index (κ1) is 14.7. The fourth-order valence-electron chi connectivity index (χ4n) is 2.19. The molecule has 2 aromatic rings. The minimum Gasteiger partial charge on any atom is -0.314 e. The molecule has 0 spiro atoms. The van der Waals surface area contributed by atoms with Gasteiger partial charge in [0.05, 0.1) is 5.69 Å². The van der Waals surface area contributed by atoms with Crippen molar-refractivity contribution in [2.24, 2.45) is 7.05 Å². The SMILES string of the molecule is CC(C)NCC(Cc1cn(C)nn1)c1cccc(F)c1. The number of hydrogen-bond donors (Lipinski definition) is 1. The van der Waals surface area contributed by atoms with Crippen molar-refractivity contribution in [1.29, 1.82) is 0 Å². The summed E-state index contributed by atoms with van der Waals surface area (Å²) in [5, 5.41) is 11.5. The fraction of sp³-hybridized carbons (Fsp3) is 0.467. The van der Waals surface area contributed by atoms with Crippen LogP contribution >= 0.6 is 0 Å². The number of halogens is 1. The lowest BCUT2D eigenvalue weighted by Gasteiger charge is -2.19. The van der Waals surface area contributed by atoms with Crippen molar-refractivity contribution in [2.75, 3.05) is 6.54 Å². The molecule has 108 valence electrons. The van der Waals surface area contributed by atoms with Gasteiger partial charge in [-0.05, 0) is 17.7 Å². The number of nitrogens with zero attached hydrogens (tertiary/aromatic N) is 3. The van der Waals surface area contributed by atoms with Crippen LogP contribution in [0.1, 0.15) is 31.0 Å². The predicted octanol–water partition coefficient (Wildman–Crippen LogP) is 2.28. The molecule has 1 aromatic heterocycles. The average Bonchev–Trinajstić information content (AvgIpc) is 2.80. The largest absolute Gasteiger partial charge is 0.314 e. The Morgan fingerprint density at radius 3 is 2.75 bits per heavy atom. The molecule has 0 bridgehead atoms. The number of rotatable bonds is 6. The molecular formula is C15H21FN4. The third-order valence-corrected chi connectivity index (χ3v) is 3.20. The zero-order chi connectivity index (χ0) is 14.5. The Morgan fingerprint density at radius 2 is 2.15 bits per heavy atom. The van der Waals surface area contributed by atoms with Crippen molar-refractivity contribution in [1.82, 2.24) is 20.3 Å². The third kappa shape index (κ3) is 4.13. The number of benzene rings is 1. The van der Waals surface area contributed by atoms with Crippen LogP contribution in [0.15, 0.2) is 30.5 Å². The molecule has 0 aliphatic rings. The van der Waals surface area contributed by atoms with Gasteiger partial charge in [-0.25, -0.2) is 4.39 Å². The van der Waals surface area contributed by atoms with Crippen molar-refractivity contribution in [3.05, 3.63) is 47.5 Å². The van der Waals surface area contributed by atoms with E-state index in [1.54, 1.807) is 16.8 Å². The topological polar surface area (TPSA) is 42.7 Å². The molecule has 0 aliphatic heterocycles. The van der Waals surface area contributed by atoms with E-state index in [1.807, 2.05) is 19.3 Å². The molecule has 5 heteroatoms. The van der Waals surface area contributed by atoms with E-state index in [1.165, 1.54) is 6.07 Å². The van der Waals surface area contributed by atoms with E-state index in [-0.39, 0.29) is 11.7 Å². The summed E-state index contributed by atoms with van der Waals surface area (Å²) < 4.78 is 15.1. The standard InChI is InChI=1S/C15H21FN4/c1-11(2)17-9-13(8-15-10-20(3)19-18-15)12-5-4-6-14(16)7-12/h4-7,10-11,13,17H,8-9H2,1-3H3. The van der Waals surface area contributed by atoms with Gasteiger partial charge in [0.25, 0.3) is 0 Å². The molecule has 0 saturated heterocycles. The van der Waals surface area contributed by atoms with Crippen LogP contribution in [0.4, 0.5) is 4.39 Å². The lowest BCUT2D eigenvalue weighted by atomic mass is 9.94. The maximum atomic E-state index is 13.4. The number of nitrogens with one attached hydrogen (secondary N) is 1. The summed E-state index contributed by atoms with van der Waals surface area (Å²) in [7, 11) is 1.85. The second kappa shape index (κ2) is 6.61. The molecule has 2 rings (SSSR count). The van der Waals surface area contributed by atoms with Crippen molar-refractivity contribution in [3.63, 3.8) is 0 Å². The molecule has 1 heterocycles. The zero-order valence-electron chi connectivity index (χ0n) is 12.2. The van der Waals surface area contributed by atoms with Crippen molar-refractivity contribution < 1.29 is 4.39 Å². The van der Waals surface area contributed by atoms with Crippen LogP contribution in [0.2, 0.25) is 0 Å². The quantitative estimate of drug-likeness (QED) is 0.880. The number of hydrogen-bond acceptors (Lipinski definition) is 3. The Kier molecular flexibility index (Phi) is 4.84. The first-order chi connectivity index (χ1) is 9.54. The van der Waals surface area contributed by atoms with Crippen molar-refractivity contribution in [2.45, 2.75) is 32.2 Å². The van der Waals surface area contributed by atoms with E-state index in [0.717, 1.165) is 24.2 Å². The van der Waals surface area contributed by atoms with Crippen LogP contribution in [0.5, 0.6) is 0 Å². The summed E-state index contributed by atoms with van der Waals surface area (Å²) in [5.41, 5.74) is 1.91. The predicted molar refractivity (Wildman–Crippen MR) is 77.0 cm³/mol. The number of aromatic nitrogens is 3. The molecule has 4 nitrogen and oxygen atoms in total. The summed E-state index contributed by atoms with van der Waals surface area (Å²) in [6, 6.07) is 7.19. The molecule has 0 aliphatic carbocycles. The average molecular weight is 276 g/mol. The van der Waals surface area contributed by atoms with Crippen LogP contribution < -0.4 is 5.32 Å². The minimum atomic E-state index is -0.198. The Balaban J connectivity index is 2.15. The summed E-state index contributed by atoms with van der Waals surface area (Å²) in [6.07, 6.45) is 2.65. The Labute approximate surface area is 119 Å². The van der Waals surface area contributed by atoms with Gasteiger partial charge < -0.3 is 5.32 Å². The Hall–Kier alpha value is -1.75. The second-order valence-electron chi connectivity index (χ2n) is 5.40. The lowest BCUT2D eigenvalue weighted by Crippen LogP contribution is -2.29. The molecule has 0 saturated carbocycles. The van der Waals surface area contributed by atoms with Gasteiger partial charge in [-0.15, -0.1) is 5.10 Å². The Bertz CT molecular complexity index is 550. The summed E-state index contributed by atoms with van der Waals surface area (Å²) in [4.78, 5) is 0. The molecule has 0 radical (unpaired) electrons. The molecule has 1 atom stereocenters. The number of aryl methyl sites for hydroxylation is 1. The summed E-state index contributed by atoms with van der Waals surface area (Å²) in [5.74, 6) is -0.0130. The van der Waals surface area contributed by atoms with Gasteiger partial charge in [0.1, 0.15) is 5.82 Å². The third-order valence-electron chi connectivity index (χ3n) is 3.20. The van der Waals surface area contributed by atoms with Crippen LogP contribution in [0.3, 0.4) is 0 Å². The van der Waals surface area contributed by atoms with Crippen LogP contribution in [-0.4, -0.2) is 27.6 Å². The van der Waals surface area contributed by atoms with Crippen molar-refractivity contribution in [3.8, 4) is 0 Å². The first-order valence-electron chi connectivity index (χ1n) is 6.88. The van der Waals surface area contributed by atoms with E-state index in [4.69, 9.17) is 0 Å². The Morgan fingerprint density at radius 1 is 1.35 bits per heavy atom. The molecule has 0 amide bonds. The van der Waals surface area contributed by atoms with Crippen LogP contribution in [-0.2, 0) is 13.5 Å². The molecule has 1 unspecified atom stereocenters. The van der Waals surface area contributed by atoms with Crippen LogP contribution in [0.25, 0.3) is 0 Å². The molecular weight excluding hydrogens is 255 g/mol. The van der Waals surface area contributed by atoms with E-state index < -0.39 is 0 Å². The summed E-state index contributed by atoms with van der Waals surface area (Å²) in [6.45, 7) is 4.99. The van der Waals surface area contributed by atoms with E-state index in [0.29, 0.717) is 6.04 Å². The lowest BCUT2D eigenvalue weighted by molar-refractivity contribution is 0.521. The van der Waals surface area contributed by atoms with E-state index in [2.05, 4.69) is 29.5 Å². The van der Waals surface area contributed by atoms with Gasteiger partial charge in [0.2, 0.25) is 0 Å². The zero-order valence-corrected chi connectivity index (χ0v) is 12.2.